The molecule has 2 saturated heterocycles. The van der Waals surface area contributed by atoms with Crippen LogP contribution in [0, 0.1) is 12.7 Å². The zero-order chi connectivity index (χ0) is 27.7. The molecule has 2 amide bonds. The van der Waals surface area contributed by atoms with E-state index in [-0.39, 0.29) is 35.5 Å². The third-order valence-corrected chi connectivity index (χ3v) is 7.87. The van der Waals surface area contributed by atoms with Crippen molar-refractivity contribution in [1.82, 2.24) is 19.2 Å². The van der Waals surface area contributed by atoms with Crippen LogP contribution in [0.2, 0.25) is 0 Å². The number of fused-ring (bicyclic) bond motifs is 1. The average molecular weight is 568 g/mol. The molecule has 12 heteroatoms. The molecule has 0 saturated carbocycles. The van der Waals surface area contributed by atoms with Crippen LogP contribution in [0.4, 0.5) is 15.0 Å². The Morgan fingerprint density at radius 3 is 2.54 bits per heavy atom. The molecule has 0 radical (unpaired) electrons. The van der Waals surface area contributed by atoms with Crippen molar-refractivity contribution in [1.29, 1.82) is 0 Å². The number of hydrogen-bond acceptors (Lipinski definition) is 8. The molecule has 0 atom stereocenters. The summed E-state index contributed by atoms with van der Waals surface area (Å²) >= 11 is 6.59. The second-order valence-corrected chi connectivity index (χ2v) is 10.8. The standard InChI is InChI=1S/C27H26FN5O4S2/c1-3-37-26(36)31-12-10-30(11-13-31)23-20(24(34)32-15-17(2)4-9-22(32)29-23)14-21-25(35)33(27(38)39-21)16-18-5-7-19(28)8-6-18/h4-9,14-15H,3,10-13,16H2,1-2H3/b21-14+. The molecule has 4 heterocycles. The molecule has 0 N–H and O–H groups in total. The summed E-state index contributed by atoms with van der Waals surface area (Å²) < 4.78 is 20.3. The lowest BCUT2D eigenvalue weighted by atomic mass is 10.2. The molecule has 0 aliphatic carbocycles. The van der Waals surface area contributed by atoms with E-state index in [9.17, 15) is 18.8 Å². The van der Waals surface area contributed by atoms with Crippen molar-refractivity contribution in [2.24, 2.45) is 0 Å². The fraction of sp³-hybridized carbons (Fsp3) is 0.296. The zero-order valence-electron chi connectivity index (χ0n) is 21.4. The molecular formula is C27H26FN5O4S2. The Labute approximate surface area is 233 Å². The number of benzene rings is 1. The van der Waals surface area contributed by atoms with Gasteiger partial charge in [-0.05, 0) is 49.2 Å². The number of amides is 2. The maximum atomic E-state index is 13.7. The van der Waals surface area contributed by atoms with Gasteiger partial charge in [0, 0.05) is 32.4 Å². The maximum Gasteiger partial charge on any atom is 0.409 e. The summed E-state index contributed by atoms with van der Waals surface area (Å²) in [5.41, 5.74) is 2.06. The number of carbonyl (C=O) groups excluding carboxylic acids is 2. The van der Waals surface area contributed by atoms with Gasteiger partial charge in [0.1, 0.15) is 21.6 Å². The highest BCUT2D eigenvalue weighted by atomic mass is 32.2. The van der Waals surface area contributed by atoms with Gasteiger partial charge in [0.25, 0.3) is 11.5 Å². The second kappa shape index (κ2) is 11.1. The van der Waals surface area contributed by atoms with Gasteiger partial charge in [-0.2, -0.15) is 0 Å². The molecule has 9 nitrogen and oxygen atoms in total. The predicted octanol–water partition coefficient (Wildman–Crippen LogP) is 3.82. The first-order valence-electron chi connectivity index (χ1n) is 12.4. The van der Waals surface area contributed by atoms with E-state index in [1.54, 1.807) is 42.3 Å². The Balaban J connectivity index is 1.50. The lowest BCUT2D eigenvalue weighted by Gasteiger charge is -2.35. The molecule has 0 unspecified atom stereocenters. The number of aryl methyl sites for hydroxylation is 1. The number of carbonyl (C=O) groups is 2. The normalized spacial score (nSPS) is 17.0. The summed E-state index contributed by atoms with van der Waals surface area (Å²) in [6.45, 7) is 5.84. The Hall–Kier alpha value is -3.77. The monoisotopic (exact) mass is 567 g/mol. The van der Waals surface area contributed by atoms with Crippen LogP contribution in [0.1, 0.15) is 23.6 Å². The average Bonchev–Trinajstić information content (AvgIpc) is 3.19. The quantitative estimate of drug-likeness (QED) is 0.340. The first kappa shape index (κ1) is 26.8. The number of ether oxygens (including phenoxy) is 1. The van der Waals surface area contributed by atoms with Crippen LogP contribution in [0.5, 0.6) is 0 Å². The van der Waals surface area contributed by atoms with Crippen LogP contribution in [0.15, 0.2) is 52.3 Å². The van der Waals surface area contributed by atoms with E-state index in [0.717, 1.165) is 22.9 Å². The number of thioether (sulfide) groups is 1. The van der Waals surface area contributed by atoms with Crippen molar-refractivity contribution in [3.63, 3.8) is 0 Å². The Morgan fingerprint density at radius 1 is 1.13 bits per heavy atom. The summed E-state index contributed by atoms with van der Waals surface area (Å²) in [4.78, 5) is 49.4. The molecule has 2 fully saturated rings. The Bertz CT molecular complexity index is 1550. The Kier molecular flexibility index (Phi) is 7.67. The summed E-state index contributed by atoms with van der Waals surface area (Å²) in [5, 5.41) is 0. The van der Waals surface area contributed by atoms with Crippen molar-refractivity contribution < 1.29 is 18.7 Å². The van der Waals surface area contributed by atoms with Crippen molar-refractivity contribution >= 4 is 57.8 Å². The number of piperazine rings is 1. The lowest BCUT2D eigenvalue weighted by molar-refractivity contribution is -0.122. The second-order valence-electron chi connectivity index (χ2n) is 9.16. The van der Waals surface area contributed by atoms with Crippen LogP contribution < -0.4 is 10.5 Å². The smallest absolute Gasteiger partial charge is 0.409 e. The highest BCUT2D eigenvalue weighted by Crippen LogP contribution is 2.34. The molecule has 0 spiro atoms. The molecule has 2 aliphatic heterocycles. The van der Waals surface area contributed by atoms with Gasteiger partial charge in [0.2, 0.25) is 0 Å². The predicted molar refractivity (Wildman–Crippen MR) is 152 cm³/mol. The molecule has 0 bridgehead atoms. The number of pyridine rings is 1. The van der Waals surface area contributed by atoms with Crippen molar-refractivity contribution in [3.05, 3.63) is 80.4 Å². The van der Waals surface area contributed by atoms with E-state index in [1.807, 2.05) is 17.9 Å². The zero-order valence-corrected chi connectivity index (χ0v) is 23.1. The van der Waals surface area contributed by atoms with E-state index < -0.39 is 0 Å². The number of aromatic nitrogens is 2. The van der Waals surface area contributed by atoms with E-state index in [0.29, 0.717) is 53.5 Å². The first-order chi connectivity index (χ1) is 18.7. The Morgan fingerprint density at radius 2 is 1.85 bits per heavy atom. The summed E-state index contributed by atoms with van der Waals surface area (Å²) in [6.07, 6.45) is 2.90. The number of rotatable bonds is 5. The minimum Gasteiger partial charge on any atom is -0.450 e. The van der Waals surface area contributed by atoms with Crippen LogP contribution >= 0.6 is 24.0 Å². The van der Waals surface area contributed by atoms with Gasteiger partial charge in [-0.3, -0.25) is 18.9 Å². The maximum absolute atomic E-state index is 13.7. The number of halogens is 1. The minimum absolute atomic E-state index is 0.194. The van der Waals surface area contributed by atoms with E-state index in [4.69, 9.17) is 21.9 Å². The molecule has 39 heavy (non-hydrogen) atoms. The summed E-state index contributed by atoms with van der Waals surface area (Å²) in [7, 11) is 0. The van der Waals surface area contributed by atoms with Gasteiger partial charge >= 0.3 is 6.09 Å². The van der Waals surface area contributed by atoms with Gasteiger partial charge in [0.15, 0.2) is 0 Å². The number of hydrogen-bond donors (Lipinski definition) is 0. The van der Waals surface area contributed by atoms with E-state index >= 15 is 0 Å². The SMILES string of the molecule is CCOC(=O)N1CCN(c2nc3ccc(C)cn3c(=O)c2/C=C2/SC(=S)N(Cc3ccc(F)cc3)C2=O)CC1. The van der Waals surface area contributed by atoms with Gasteiger partial charge in [-0.1, -0.05) is 42.2 Å². The molecule has 2 aromatic heterocycles. The minimum atomic E-state index is -0.371. The van der Waals surface area contributed by atoms with Gasteiger partial charge in [-0.25, -0.2) is 14.2 Å². The third-order valence-electron chi connectivity index (χ3n) is 6.49. The van der Waals surface area contributed by atoms with Crippen LogP contribution in [0.3, 0.4) is 0 Å². The number of nitrogens with zero attached hydrogens (tertiary/aromatic N) is 5. The molecule has 1 aromatic carbocycles. The first-order valence-corrected chi connectivity index (χ1v) is 13.7. The van der Waals surface area contributed by atoms with Crippen molar-refractivity contribution in [2.75, 3.05) is 37.7 Å². The number of thiocarbonyl (C=S) groups is 1. The topological polar surface area (TPSA) is 87.5 Å². The van der Waals surface area contributed by atoms with E-state index in [2.05, 4.69) is 0 Å². The fourth-order valence-corrected chi connectivity index (χ4v) is 5.71. The molecular weight excluding hydrogens is 541 g/mol. The van der Waals surface area contributed by atoms with Gasteiger partial charge < -0.3 is 14.5 Å². The highest BCUT2D eigenvalue weighted by Gasteiger charge is 2.33. The van der Waals surface area contributed by atoms with Crippen LogP contribution in [0.25, 0.3) is 11.7 Å². The third kappa shape index (κ3) is 5.52. The van der Waals surface area contributed by atoms with E-state index in [1.165, 1.54) is 21.4 Å². The van der Waals surface area contributed by atoms with Gasteiger partial charge in [-0.15, -0.1) is 0 Å². The fourth-order valence-electron chi connectivity index (χ4n) is 4.47. The number of anilines is 1. The van der Waals surface area contributed by atoms with Gasteiger partial charge in [0.05, 0.1) is 23.6 Å². The largest absolute Gasteiger partial charge is 0.450 e. The molecule has 3 aromatic rings. The molecule has 5 rings (SSSR count). The lowest BCUT2D eigenvalue weighted by Crippen LogP contribution is -2.49. The molecule has 2 aliphatic rings. The van der Waals surface area contributed by atoms with Crippen molar-refractivity contribution in [3.8, 4) is 0 Å². The molecule has 202 valence electrons. The summed E-state index contributed by atoms with van der Waals surface area (Å²) in [6, 6.07) is 9.54. The summed E-state index contributed by atoms with van der Waals surface area (Å²) in [5.74, 6) is -0.253. The van der Waals surface area contributed by atoms with Crippen LogP contribution in [-0.2, 0) is 16.1 Å². The highest BCUT2D eigenvalue weighted by molar-refractivity contribution is 8.26. The van der Waals surface area contributed by atoms with Crippen molar-refractivity contribution in [2.45, 2.75) is 20.4 Å². The van der Waals surface area contributed by atoms with Crippen LogP contribution in [-0.4, -0.2) is 68.3 Å².